The van der Waals surface area contributed by atoms with E-state index in [1.807, 2.05) is 0 Å². The number of rotatable bonds is 9. The lowest BCUT2D eigenvalue weighted by molar-refractivity contribution is 0.285. The minimum atomic E-state index is -0.431. The number of fused-ring (bicyclic) bond motifs is 1. The highest BCUT2D eigenvalue weighted by Gasteiger charge is 2.17. The second-order valence-electron chi connectivity index (χ2n) is 6.15. The van der Waals surface area contributed by atoms with Crippen LogP contribution in [0, 0.1) is 0 Å². The molecule has 0 aliphatic carbocycles. The molecule has 5 heteroatoms. The van der Waals surface area contributed by atoms with Crippen molar-refractivity contribution in [3.63, 3.8) is 0 Å². The van der Waals surface area contributed by atoms with Gasteiger partial charge in [0.1, 0.15) is 5.75 Å². The van der Waals surface area contributed by atoms with Gasteiger partial charge in [0.25, 0.3) is 0 Å². The molecular formula is C20H27NO4. The molecule has 0 saturated carbocycles. The van der Waals surface area contributed by atoms with Gasteiger partial charge < -0.3 is 14.9 Å². The number of pyridine rings is 1. The smallest absolute Gasteiger partial charge is 0.301 e. The molecule has 1 aromatic carbocycles. The third-order valence-corrected chi connectivity index (χ3v) is 4.17. The molecule has 136 valence electrons. The Morgan fingerprint density at radius 2 is 1.84 bits per heavy atom. The Balaban J connectivity index is 2.22. The Labute approximate surface area is 148 Å². The van der Waals surface area contributed by atoms with Crippen molar-refractivity contribution in [1.29, 1.82) is 0 Å². The average Bonchev–Trinajstić information content (AvgIpc) is 2.60. The first-order chi connectivity index (χ1) is 12.1. The van der Waals surface area contributed by atoms with E-state index in [9.17, 15) is 15.0 Å². The maximum absolute atomic E-state index is 12.7. The van der Waals surface area contributed by atoms with Crippen molar-refractivity contribution in [2.75, 3.05) is 6.61 Å². The van der Waals surface area contributed by atoms with Crippen molar-refractivity contribution in [2.24, 2.45) is 0 Å². The summed E-state index contributed by atoms with van der Waals surface area (Å²) in [5.41, 5.74) is 0.00667. The zero-order valence-corrected chi connectivity index (χ0v) is 15.0. The summed E-state index contributed by atoms with van der Waals surface area (Å²) in [6, 6.07) is 4.51. The minimum absolute atomic E-state index is 0.0327. The van der Waals surface area contributed by atoms with Crippen molar-refractivity contribution in [3.8, 4) is 17.2 Å². The van der Waals surface area contributed by atoms with Gasteiger partial charge in [0, 0.05) is 17.7 Å². The van der Waals surface area contributed by atoms with E-state index in [-0.39, 0.29) is 17.2 Å². The fourth-order valence-electron chi connectivity index (χ4n) is 2.85. The number of unbranched alkanes of at least 4 members (excludes halogenated alkanes) is 5. The largest absolute Gasteiger partial charge is 0.508 e. The maximum Gasteiger partial charge on any atom is 0.301 e. The molecule has 25 heavy (non-hydrogen) atoms. The molecule has 0 amide bonds. The Morgan fingerprint density at radius 3 is 2.56 bits per heavy atom. The van der Waals surface area contributed by atoms with E-state index in [4.69, 9.17) is 4.74 Å². The molecule has 0 spiro atoms. The molecule has 2 rings (SSSR count). The predicted octanol–water partition coefficient (Wildman–Crippen LogP) is 4.64. The first-order valence-corrected chi connectivity index (χ1v) is 8.96. The van der Waals surface area contributed by atoms with Crippen LogP contribution in [0.1, 0.15) is 52.4 Å². The van der Waals surface area contributed by atoms with Gasteiger partial charge in [-0.2, -0.15) is 0 Å². The van der Waals surface area contributed by atoms with E-state index in [2.05, 4.69) is 6.92 Å². The number of phenolic OH excluding ortho intramolecular Hbond substituents is 1. The normalized spacial score (nSPS) is 11.4. The summed E-state index contributed by atoms with van der Waals surface area (Å²) in [6.07, 6.45) is 10.0. The Hall–Kier alpha value is -2.43. The van der Waals surface area contributed by atoms with E-state index in [1.54, 1.807) is 25.3 Å². The highest BCUT2D eigenvalue weighted by atomic mass is 16.5. The third-order valence-electron chi connectivity index (χ3n) is 4.17. The fraction of sp³-hybridized carbons (Fsp3) is 0.450. The van der Waals surface area contributed by atoms with E-state index >= 15 is 0 Å². The number of nitrogens with zero attached hydrogens (tertiary/aromatic N) is 1. The number of aromatic hydroxyl groups is 2. The summed E-state index contributed by atoms with van der Waals surface area (Å²) in [4.78, 5) is 12.7. The van der Waals surface area contributed by atoms with Crippen molar-refractivity contribution in [3.05, 3.63) is 34.6 Å². The molecule has 0 bridgehead atoms. The summed E-state index contributed by atoms with van der Waals surface area (Å²) in [5, 5.41) is 20.6. The second kappa shape index (κ2) is 9.16. The van der Waals surface area contributed by atoms with Crippen LogP contribution in [-0.2, 0) is 0 Å². The fourth-order valence-corrected chi connectivity index (χ4v) is 2.85. The number of aromatic nitrogens is 1. The summed E-state index contributed by atoms with van der Waals surface area (Å²) in [6.45, 7) is 4.38. The molecule has 1 heterocycles. The third kappa shape index (κ3) is 4.56. The molecule has 0 radical (unpaired) electrons. The van der Waals surface area contributed by atoms with E-state index in [0.29, 0.717) is 17.5 Å². The molecular weight excluding hydrogens is 318 g/mol. The number of ether oxygens (including phenoxy) is 1. The second-order valence-corrected chi connectivity index (χ2v) is 6.15. The number of allylic oxidation sites excluding steroid dienone is 1. The number of phenols is 1. The Bertz CT molecular complexity index is 792. The molecule has 0 aliphatic rings. The lowest BCUT2D eigenvalue weighted by atomic mass is 10.1. The topological polar surface area (TPSA) is 71.7 Å². The Morgan fingerprint density at radius 1 is 1.12 bits per heavy atom. The van der Waals surface area contributed by atoms with Crippen LogP contribution in [0.4, 0.5) is 0 Å². The SMILES string of the molecule is CC=Cn1c(=O)c(OCCCCCCCC)c(O)c2ccc(O)cc21. The van der Waals surface area contributed by atoms with Gasteiger partial charge in [0.15, 0.2) is 5.75 Å². The molecule has 5 nitrogen and oxygen atoms in total. The standard InChI is InChI=1S/C20H27NO4/c1-3-5-6-7-8-9-13-25-19-18(23)16-11-10-15(22)14-17(16)21(12-4-2)20(19)24/h4,10-12,14,22-23H,3,5-9,13H2,1-2H3. The molecule has 0 atom stereocenters. The van der Waals surface area contributed by atoms with Crippen molar-refractivity contribution >= 4 is 17.1 Å². The van der Waals surface area contributed by atoms with Gasteiger partial charge in [-0.1, -0.05) is 45.1 Å². The van der Waals surface area contributed by atoms with E-state index < -0.39 is 5.56 Å². The molecule has 0 unspecified atom stereocenters. The van der Waals surface area contributed by atoms with Crippen LogP contribution in [0.15, 0.2) is 29.1 Å². The lowest BCUT2D eigenvalue weighted by Gasteiger charge is -2.13. The highest BCUT2D eigenvalue weighted by Crippen LogP contribution is 2.33. The van der Waals surface area contributed by atoms with Gasteiger partial charge in [-0.15, -0.1) is 0 Å². The molecule has 2 N–H and O–H groups in total. The van der Waals surface area contributed by atoms with Crippen LogP contribution in [-0.4, -0.2) is 21.4 Å². The van der Waals surface area contributed by atoms with Crippen LogP contribution < -0.4 is 10.3 Å². The van der Waals surface area contributed by atoms with Crippen LogP contribution in [0.2, 0.25) is 0 Å². The van der Waals surface area contributed by atoms with E-state index in [0.717, 1.165) is 19.3 Å². The highest BCUT2D eigenvalue weighted by molar-refractivity contribution is 5.89. The lowest BCUT2D eigenvalue weighted by Crippen LogP contribution is -2.19. The van der Waals surface area contributed by atoms with Gasteiger partial charge in [-0.3, -0.25) is 9.36 Å². The average molecular weight is 345 g/mol. The van der Waals surface area contributed by atoms with Gasteiger partial charge in [-0.05, 0) is 25.5 Å². The van der Waals surface area contributed by atoms with Gasteiger partial charge >= 0.3 is 5.56 Å². The first kappa shape index (κ1) is 18.9. The van der Waals surface area contributed by atoms with Crippen molar-refractivity contribution in [1.82, 2.24) is 4.57 Å². The molecule has 0 saturated heterocycles. The van der Waals surface area contributed by atoms with Crippen LogP contribution in [0.3, 0.4) is 0 Å². The molecule has 0 fully saturated rings. The van der Waals surface area contributed by atoms with Crippen molar-refractivity contribution in [2.45, 2.75) is 52.4 Å². The van der Waals surface area contributed by atoms with Crippen LogP contribution in [0.5, 0.6) is 17.2 Å². The summed E-state index contributed by atoms with van der Waals surface area (Å²) >= 11 is 0. The zero-order valence-electron chi connectivity index (χ0n) is 15.0. The number of benzene rings is 1. The first-order valence-electron chi connectivity index (χ1n) is 8.96. The van der Waals surface area contributed by atoms with Gasteiger partial charge in [-0.25, -0.2) is 0 Å². The van der Waals surface area contributed by atoms with Crippen molar-refractivity contribution < 1.29 is 14.9 Å². The summed E-state index contributed by atoms with van der Waals surface area (Å²) in [5.74, 6) is -0.179. The zero-order chi connectivity index (χ0) is 18.2. The quantitative estimate of drug-likeness (QED) is 0.649. The minimum Gasteiger partial charge on any atom is -0.508 e. The van der Waals surface area contributed by atoms with Gasteiger partial charge in [0.2, 0.25) is 5.75 Å². The number of hydrogen-bond acceptors (Lipinski definition) is 4. The van der Waals surface area contributed by atoms with E-state index in [1.165, 1.54) is 36.0 Å². The summed E-state index contributed by atoms with van der Waals surface area (Å²) < 4.78 is 7.00. The maximum atomic E-state index is 12.7. The van der Waals surface area contributed by atoms with Crippen LogP contribution in [0.25, 0.3) is 17.1 Å². The van der Waals surface area contributed by atoms with Gasteiger partial charge in [0.05, 0.1) is 12.1 Å². The molecule has 2 aromatic rings. The molecule has 0 aliphatic heterocycles. The Kier molecular flexibility index (Phi) is 6.92. The molecule has 1 aromatic heterocycles. The predicted molar refractivity (Wildman–Crippen MR) is 101 cm³/mol. The summed E-state index contributed by atoms with van der Waals surface area (Å²) in [7, 11) is 0. The number of hydrogen-bond donors (Lipinski definition) is 2. The van der Waals surface area contributed by atoms with Crippen LogP contribution >= 0.6 is 0 Å². The monoisotopic (exact) mass is 345 g/mol.